The van der Waals surface area contributed by atoms with Crippen molar-refractivity contribution in [1.29, 1.82) is 0 Å². The van der Waals surface area contributed by atoms with Crippen LogP contribution < -0.4 is 0 Å². The first-order valence-electron chi connectivity index (χ1n) is 3.61. The summed E-state index contributed by atoms with van der Waals surface area (Å²) in [5.41, 5.74) is 8.17. The number of hydrogen-bond acceptors (Lipinski definition) is 3. The summed E-state index contributed by atoms with van der Waals surface area (Å²) in [6.45, 7) is -0.0186. The Labute approximate surface area is 69.6 Å². The number of rotatable bonds is 3. The van der Waals surface area contributed by atoms with Crippen molar-refractivity contribution in [3.63, 3.8) is 0 Å². The molecule has 1 fully saturated rings. The Balaban J connectivity index is 2.45. The van der Waals surface area contributed by atoms with E-state index in [1.54, 1.807) is 0 Å². The third-order valence-electron chi connectivity index (χ3n) is 1.90. The van der Waals surface area contributed by atoms with E-state index in [0.717, 1.165) is 17.9 Å². The Morgan fingerprint density at radius 3 is 3.09 bits per heavy atom. The molecular formula is C6H11N3OS. The van der Waals surface area contributed by atoms with Crippen molar-refractivity contribution in [2.45, 2.75) is 12.5 Å². The lowest BCUT2D eigenvalue weighted by molar-refractivity contribution is 0.234. The SMILES string of the molecule is [N-]=[N+]=NC(CO)C1CCSC1. The van der Waals surface area contributed by atoms with Crippen molar-refractivity contribution in [2.24, 2.45) is 11.0 Å². The summed E-state index contributed by atoms with van der Waals surface area (Å²) in [4.78, 5) is 2.71. The third-order valence-corrected chi connectivity index (χ3v) is 3.08. The zero-order chi connectivity index (χ0) is 8.10. The summed E-state index contributed by atoms with van der Waals surface area (Å²) in [6.07, 6.45) is 1.06. The van der Waals surface area contributed by atoms with Gasteiger partial charge in [0.25, 0.3) is 0 Å². The molecule has 2 atom stereocenters. The zero-order valence-electron chi connectivity index (χ0n) is 6.18. The van der Waals surface area contributed by atoms with Gasteiger partial charge in [-0.3, -0.25) is 0 Å². The van der Waals surface area contributed by atoms with Crippen LogP contribution in [-0.4, -0.2) is 29.3 Å². The van der Waals surface area contributed by atoms with Crippen molar-refractivity contribution < 1.29 is 5.11 Å². The van der Waals surface area contributed by atoms with Crippen LogP contribution in [0, 0.1) is 5.92 Å². The van der Waals surface area contributed by atoms with E-state index in [9.17, 15) is 0 Å². The van der Waals surface area contributed by atoms with Crippen LogP contribution >= 0.6 is 11.8 Å². The number of aliphatic hydroxyl groups is 1. The minimum atomic E-state index is -0.199. The van der Waals surface area contributed by atoms with Gasteiger partial charge in [0, 0.05) is 4.91 Å². The largest absolute Gasteiger partial charge is 0.396 e. The summed E-state index contributed by atoms with van der Waals surface area (Å²) in [6, 6.07) is -0.199. The van der Waals surface area contributed by atoms with Crippen molar-refractivity contribution in [3.8, 4) is 0 Å². The molecule has 5 heteroatoms. The van der Waals surface area contributed by atoms with Crippen LogP contribution in [-0.2, 0) is 0 Å². The summed E-state index contributed by atoms with van der Waals surface area (Å²) >= 11 is 1.86. The fraction of sp³-hybridized carbons (Fsp3) is 1.00. The van der Waals surface area contributed by atoms with E-state index < -0.39 is 0 Å². The molecule has 0 saturated carbocycles. The number of hydrogen-bond donors (Lipinski definition) is 1. The summed E-state index contributed by atoms with van der Waals surface area (Å²) < 4.78 is 0. The second kappa shape index (κ2) is 4.49. The number of thioether (sulfide) groups is 1. The molecule has 11 heavy (non-hydrogen) atoms. The maximum absolute atomic E-state index is 8.84. The van der Waals surface area contributed by atoms with Gasteiger partial charge in [-0.05, 0) is 29.4 Å². The maximum Gasteiger partial charge on any atom is 0.0641 e. The van der Waals surface area contributed by atoms with Gasteiger partial charge in [0.1, 0.15) is 0 Å². The normalized spacial score (nSPS) is 26.1. The molecule has 0 amide bonds. The molecule has 62 valence electrons. The summed E-state index contributed by atoms with van der Waals surface area (Å²) in [5.74, 6) is 2.53. The first kappa shape index (κ1) is 8.71. The quantitative estimate of drug-likeness (QED) is 0.398. The molecule has 2 unspecified atom stereocenters. The molecule has 0 aliphatic carbocycles. The van der Waals surface area contributed by atoms with E-state index in [0.29, 0.717) is 5.92 Å². The lowest BCUT2D eigenvalue weighted by Gasteiger charge is -2.13. The van der Waals surface area contributed by atoms with Crippen molar-refractivity contribution in [2.75, 3.05) is 18.1 Å². The Hall–Kier alpha value is -0.380. The molecule has 1 rings (SSSR count). The molecule has 0 radical (unpaired) electrons. The zero-order valence-corrected chi connectivity index (χ0v) is 7.00. The molecule has 1 aliphatic heterocycles. The Morgan fingerprint density at radius 1 is 1.82 bits per heavy atom. The van der Waals surface area contributed by atoms with Crippen LogP contribution in [0.5, 0.6) is 0 Å². The third kappa shape index (κ3) is 2.29. The highest BCUT2D eigenvalue weighted by Gasteiger charge is 2.23. The Morgan fingerprint density at radius 2 is 2.64 bits per heavy atom. The number of aliphatic hydroxyl groups excluding tert-OH is 1. The topological polar surface area (TPSA) is 69.0 Å². The monoisotopic (exact) mass is 173 g/mol. The number of nitrogens with zero attached hydrogens (tertiary/aromatic N) is 3. The highest BCUT2D eigenvalue weighted by Crippen LogP contribution is 2.27. The van der Waals surface area contributed by atoms with Gasteiger partial charge in [-0.2, -0.15) is 11.8 Å². The number of azide groups is 1. The van der Waals surface area contributed by atoms with E-state index in [-0.39, 0.29) is 12.6 Å². The predicted octanol–water partition coefficient (Wildman–Crippen LogP) is 1.41. The molecule has 4 nitrogen and oxygen atoms in total. The maximum atomic E-state index is 8.84. The van der Waals surface area contributed by atoms with Gasteiger partial charge in [-0.25, -0.2) is 0 Å². The van der Waals surface area contributed by atoms with Gasteiger partial charge in [0.15, 0.2) is 0 Å². The molecule has 1 heterocycles. The first-order chi connectivity index (χ1) is 5.38. The van der Waals surface area contributed by atoms with Crippen LogP contribution in [0.4, 0.5) is 0 Å². The molecule has 0 aromatic carbocycles. The van der Waals surface area contributed by atoms with Gasteiger partial charge in [-0.15, -0.1) is 0 Å². The molecule has 0 aromatic heterocycles. The lowest BCUT2D eigenvalue weighted by atomic mass is 10.0. The molecule has 0 aromatic rings. The van der Waals surface area contributed by atoms with E-state index in [1.165, 1.54) is 0 Å². The van der Waals surface area contributed by atoms with Crippen LogP contribution in [0.2, 0.25) is 0 Å². The highest BCUT2D eigenvalue weighted by atomic mass is 32.2. The second-order valence-electron chi connectivity index (χ2n) is 2.58. The Kier molecular flexibility index (Phi) is 3.56. The van der Waals surface area contributed by atoms with Crippen molar-refractivity contribution >= 4 is 11.8 Å². The Bertz CT molecular complexity index is 163. The second-order valence-corrected chi connectivity index (χ2v) is 3.73. The summed E-state index contributed by atoms with van der Waals surface area (Å²) in [7, 11) is 0. The molecule has 1 N–H and O–H groups in total. The van der Waals surface area contributed by atoms with E-state index in [1.807, 2.05) is 11.8 Å². The first-order valence-corrected chi connectivity index (χ1v) is 4.76. The van der Waals surface area contributed by atoms with E-state index in [4.69, 9.17) is 10.6 Å². The summed E-state index contributed by atoms with van der Waals surface area (Å²) in [5, 5.41) is 12.4. The average molecular weight is 173 g/mol. The highest BCUT2D eigenvalue weighted by molar-refractivity contribution is 7.99. The standard InChI is InChI=1S/C6H11N3OS/c7-9-8-6(3-10)5-1-2-11-4-5/h5-6,10H,1-4H2. The lowest BCUT2D eigenvalue weighted by Crippen LogP contribution is -2.21. The van der Waals surface area contributed by atoms with Crippen molar-refractivity contribution in [3.05, 3.63) is 10.4 Å². The molecular weight excluding hydrogens is 162 g/mol. The fourth-order valence-electron chi connectivity index (χ4n) is 1.20. The van der Waals surface area contributed by atoms with Gasteiger partial charge in [-0.1, -0.05) is 5.11 Å². The van der Waals surface area contributed by atoms with Crippen LogP contribution in [0.15, 0.2) is 5.11 Å². The molecule has 0 spiro atoms. The van der Waals surface area contributed by atoms with Crippen LogP contribution in [0.3, 0.4) is 0 Å². The predicted molar refractivity (Wildman–Crippen MR) is 45.5 cm³/mol. The van der Waals surface area contributed by atoms with Gasteiger partial charge in [0.2, 0.25) is 0 Å². The van der Waals surface area contributed by atoms with Gasteiger partial charge >= 0.3 is 0 Å². The minimum absolute atomic E-state index is 0.0186. The van der Waals surface area contributed by atoms with Gasteiger partial charge in [0.05, 0.1) is 12.6 Å². The molecule has 0 bridgehead atoms. The van der Waals surface area contributed by atoms with E-state index in [2.05, 4.69) is 10.0 Å². The fourth-order valence-corrected chi connectivity index (χ4v) is 2.53. The minimum Gasteiger partial charge on any atom is -0.396 e. The smallest absolute Gasteiger partial charge is 0.0641 e. The molecule has 1 aliphatic rings. The van der Waals surface area contributed by atoms with E-state index >= 15 is 0 Å². The average Bonchev–Trinajstić information content (AvgIpc) is 2.52. The van der Waals surface area contributed by atoms with Crippen molar-refractivity contribution in [1.82, 2.24) is 0 Å². The van der Waals surface area contributed by atoms with Crippen LogP contribution in [0.1, 0.15) is 6.42 Å². The van der Waals surface area contributed by atoms with Gasteiger partial charge < -0.3 is 5.11 Å². The molecule has 1 saturated heterocycles. The van der Waals surface area contributed by atoms with Crippen LogP contribution in [0.25, 0.3) is 10.4 Å².